The fraction of sp³-hybridized carbons (Fsp3) is 0.467. The highest BCUT2D eigenvalue weighted by Gasteiger charge is 2.51. The Morgan fingerprint density at radius 2 is 1.89 bits per heavy atom. The average Bonchev–Trinajstić information content (AvgIpc) is 3.59. The quantitative estimate of drug-likeness (QED) is 0.337. The molecule has 3 aliphatic rings. The molecule has 0 spiro atoms. The molecular weight excluding hydrogens is 613 g/mol. The molecule has 3 saturated heterocycles. The molecule has 3 aliphatic heterocycles. The van der Waals surface area contributed by atoms with E-state index in [1.807, 2.05) is 18.3 Å². The van der Waals surface area contributed by atoms with Gasteiger partial charge in [-0.25, -0.2) is 0 Å². The molecule has 4 atom stereocenters. The number of aromatic nitrogens is 1. The summed E-state index contributed by atoms with van der Waals surface area (Å²) in [4.78, 5) is 67.0. The van der Waals surface area contributed by atoms with Crippen LogP contribution in [0.1, 0.15) is 65.7 Å². The Hall–Kier alpha value is -3.25. The molecule has 3 amide bonds. The minimum atomic E-state index is -5.75. The average molecular weight is 647 g/mol. The van der Waals surface area contributed by atoms with Crippen LogP contribution in [0.2, 0.25) is 0 Å². The molecule has 0 aliphatic carbocycles. The first-order chi connectivity index (χ1) is 20.8. The van der Waals surface area contributed by atoms with Crippen LogP contribution < -0.4 is 5.32 Å². The smallest absolute Gasteiger partial charge is 0.340 e. The van der Waals surface area contributed by atoms with Crippen LogP contribution in [0.4, 0.5) is 8.78 Å². The molecule has 5 heterocycles. The van der Waals surface area contributed by atoms with Gasteiger partial charge in [0.1, 0.15) is 12.1 Å². The lowest BCUT2D eigenvalue weighted by Crippen LogP contribution is -2.60. The Bertz CT molecular complexity index is 1640. The molecule has 14 heteroatoms. The van der Waals surface area contributed by atoms with Crippen LogP contribution in [-0.4, -0.2) is 73.5 Å². The number of pyridine rings is 1. The molecule has 10 nitrogen and oxygen atoms in total. The monoisotopic (exact) mass is 646 g/mol. The van der Waals surface area contributed by atoms with Crippen molar-refractivity contribution in [1.82, 2.24) is 20.1 Å². The van der Waals surface area contributed by atoms with E-state index < -0.39 is 36.8 Å². The molecule has 1 unspecified atom stereocenters. The predicted molar refractivity (Wildman–Crippen MR) is 159 cm³/mol. The van der Waals surface area contributed by atoms with Crippen molar-refractivity contribution in [3.8, 4) is 0 Å². The van der Waals surface area contributed by atoms with Gasteiger partial charge in [-0.15, -0.1) is 11.3 Å². The van der Waals surface area contributed by atoms with Gasteiger partial charge in [-0.2, -0.15) is 8.78 Å². The molecule has 3 fully saturated rings. The van der Waals surface area contributed by atoms with Gasteiger partial charge in [0.15, 0.2) is 0 Å². The maximum Gasteiger partial charge on any atom is 0.399 e. The van der Waals surface area contributed by atoms with Crippen LogP contribution in [0.5, 0.6) is 0 Å². The van der Waals surface area contributed by atoms with Crippen LogP contribution >= 0.6 is 18.9 Å². The molecule has 234 valence electrons. The van der Waals surface area contributed by atoms with Crippen molar-refractivity contribution in [2.75, 3.05) is 13.1 Å². The summed E-state index contributed by atoms with van der Waals surface area (Å²) in [7, 11) is -5.75. The Morgan fingerprint density at radius 1 is 1.11 bits per heavy atom. The van der Waals surface area contributed by atoms with Crippen molar-refractivity contribution in [1.29, 1.82) is 0 Å². The van der Waals surface area contributed by atoms with Gasteiger partial charge in [-0.05, 0) is 66.8 Å². The number of halogens is 2. The Balaban J connectivity index is 1.18. The number of thiophene rings is 1. The molecule has 0 radical (unpaired) electrons. The summed E-state index contributed by atoms with van der Waals surface area (Å²) >= 11 is 1.03. The zero-order valence-corrected chi connectivity index (χ0v) is 25.6. The number of hydrogen-bond donors (Lipinski definition) is 3. The van der Waals surface area contributed by atoms with Crippen molar-refractivity contribution >= 4 is 46.7 Å². The number of likely N-dealkylation sites (tertiary alicyclic amines) is 1. The van der Waals surface area contributed by atoms with Gasteiger partial charge >= 0.3 is 13.3 Å². The molecule has 0 saturated carbocycles. The van der Waals surface area contributed by atoms with Gasteiger partial charge in [-0.3, -0.25) is 23.9 Å². The summed E-state index contributed by atoms with van der Waals surface area (Å²) in [6.45, 7) is 3.23. The van der Waals surface area contributed by atoms with Crippen LogP contribution in [0, 0.1) is 5.92 Å². The number of hydrogen-bond acceptors (Lipinski definition) is 6. The molecule has 3 N–H and O–H groups in total. The molecule has 3 aromatic rings. The first-order valence-electron chi connectivity index (χ1n) is 14.6. The van der Waals surface area contributed by atoms with Crippen LogP contribution in [0.3, 0.4) is 0 Å². The Kier molecular flexibility index (Phi) is 8.11. The molecule has 0 bridgehead atoms. The van der Waals surface area contributed by atoms with Crippen molar-refractivity contribution in [3.05, 3.63) is 64.8 Å². The van der Waals surface area contributed by atoms with E-state index in [9.17, 15) is 27.7 Å². The normalized spacial score (nSPS) is 24.9. The number of nitrogens with one attached hydrogen (secondary N) is 1. The summed E-state index contributed by atoms with van der Waals surface area (Å²) in [5.74, 6) is -0.511. The van der Waals surface area contributed by atoms with Gasteiger partial charge in [0.05, 0.1) is 4.88 Å². The fourth-order valence-corrected chi connectivity index (χ4v) is 8.09. The minimum absolute atomic E-state index is 0.0775. The van der Waals surface area contributed by atoms with E-state index in [0.29, 0.717) is 43.5 Å². The summed E-state index contributed by atoms with van der Waals surface area (Å²) in [6.07, 6.45) is 6.74. The molecule has 6 rings (SSSR count). The summed E-state index contributed by atoms with van der Waals surface area (Å²) in [5.41, 5.74) is -4.14. The second-order valence-corrected chi connectivity index (χ2v) is 14.7. The zero-order chi connectivity index (χ0) is 31.4. The lowest BCUT2D eigenvalue weighted by atomic mass is 9.90. The number of rotatable bonds is 6. The van der Waals surface area contributed by atoms with Gasteiger partial charge in [0.2, 0.25) is 11.8 Å². The number of nitrogens with zero attached hydrogens (tertiary/aromatic N) is 3. The molecule has 2 aromatic heterocycles. The number of carbonyl (C=O) groups excluding carboxylic acids is 3. The van der Waals surface area contributed by atoms with E-state index in [1.165, 1.54) is 12.1 Å². The summed E-state index contributed by atoms with van der Waals surface area (Å²) in [5, 5.41) is 3.06. The van der Waals surface area contributed by atoms with Gasteiger partial charge in [0.25, 0.3) is 5.91 Å². The lowest BCUT2D eigenvalue weighted by Gasteiger charge is -2.44. The topological polar surface area (TPSA) is 140 Å². The Morgan fingerprint density at radius 3 is 2.59 bits per heavy atom. The lowest BCUT2D eigenvalue weighted by molar-refractivity contribution is -0.150. The Labute approximate surface area is 256 Å². The van der Waals surface area contributed by atoms with E-state index >= 15 is 0 Å². The maximum atomic E-state index is 14.3. The number of carbonyl (C=O) groups is 3. The van der Waals surface area contributed by atoms with Gasteiger partial charge in [0, 0.05) is 47.7 Å². The molecule has 1 aromatic carbocycles. The fourth-order valence-electron chi connectivity index (χ4n) is 6.67. The second-order valence-electron chi connectivity index (χ2n) is 12.0. The van der Waals surface area contributed by atoms with E-state index in [4.69, 9.17) is 9.79 Å². The third-order valence-electron chi connectivity index (χ3n) is 9.18. The predicted octanol–water partition coefficient (Wildman–Crippen LogP) is 4.43. The first-order valence-corrected chi connectivity index (χ1v) is 17.1. The minimum Gasteiger partial charge on any atom is -0.340 e. The van der Waals surface area contributed by atoms with Crippen molar-refractivity contribution in [2.45, 2.75) is 68.7 Å². The number of amides is 3. The van der Waals surface area contributed by atoms with Crippen molar-refractivity contribution < 1.29 is 37.5 Å². The van der Waals surface area contributed by atoms with Gasteiger partial charge in [-0.1, -0.05) is 25.5 Å². The standard InChI is InChI=1S/C30H33F2N4O6PS/c1-17-4-2-6-22(34-27(37)26-13-19-12-21(7-10-25(19)44-26)30(31,32)43(40,41)42)28(38)36-23(17)8-9-24(36)29(39)35-15-20(16-35)18-5-3-11-33-14-18/h3,5,7,10-14,17,20,22-24H,2,4,6,8-9,15-16H2,1H3,(H,34,37)(H2,40,41,42)/t17?,22-,23+,24-/m0/s1. The van der Waals surface area contributed by atoms with Crippen LogP contribution in [-0.2, 0) is 19.8 Å². The highest BCUT2D eigenvalue weighted by Crippen LogP contribution is 2.59. The zero-order valence-electron chi connectivity index (χ0n) is 23.9. The van der Waals surface area contributed by atoms with Crippen LogP contribution in [0.15, 0.2) is 48.8 Å². The number of benzene rings is 1. The number of alkyl halides is 2. The molecular formula is C30H33F2N4O6PS. The van der Waals surface area contributed by atoms with Crippen molar-refractivity contribution in [2.24, 2.45) is 5.92 Å². The molecule has 44 heavy (non-hydrogen) atoms. The van der Waals surface area contributed by atoms with E-state index in [-0.39, 0.29) is 40.0 Å². The van der Waals surface area contributed by atoms with E-state index in [1.54, 1.807) is 16.0 Å². The van der Waals surface area contributed by atoms with Gasteiger partial charge < -0.3 is 24.9 Å². The number of fused-ring (bicyclic) bond motifs is 2. The highest BCUT2D eigenvalue weighted by atomic mass is 32.1. The van der Waals surface area contributed by atoms with E-state index in [0.717, 1.165) is 35.5 Å². The third-order valence-corrected chi connectivity index (χ3v) is 11.3. The third kappa shape index (κ3) is 5.55. The van der Waals surface area contributed by atoms with E-state index in [2.05, 4.69) is 17.2 Å². The largest absolute Gasteiger partial charge is 0.399 e. The SMILES string of the molecule is CC1CCC[C@H](NC(=O)c2cc3cc(C(F)(F)P(=O)(O)O)ccc3s2)C(=O)N2[C@@H]1CC[C@H]2C(=O)N1CC(c2cccnc2)C1. The summed E-state index contributed by atoms with van der Waals surface area (Å²) in [6, 6.07) is 6.86. The highest BCUT2D eigenvalue weighted by molar-refractivity contribution is 7.52. The maximum absolute atomic E-state index is 14.3. The summed E-state index contributed by atoms with van der Waals surface area (Å²) < 4.78 is 40.3. The second kappa shape index (κ2) is 11.6. The van der Waals surface area contributed by atoms with Crippen molar-refractivity contribution in [3.63, 3.8) is 0 Å². The first kappa shape index (κ1) is 30.8. The van der Waals surface area contributed by atoms with Crippen LogP contribution in [0.25, 0.3) is 10.1 Å².